The van der Waals surface area contributed by atoms with Crippen molar-refractivity contribution in [1.29, 1.82) is 0 Å². The van der Waals surface area contributed by atoms with E-state index < -0.39 is 23.8 Å². The smallest absolute Gasteiger partial charge is 0.267 e. The molecule has 0 unspecified atom stereocenters. The lowest BCUT2D eigenvalue weighted by molar-refractivity contribution is 0.144. The summed E-state index contributed by atoms with van der Waals surface area (Å²) in [4.78, 5) is 11.9. The highest BCUT2D eigenvalue weighted by Gasteiger charge is 2.24. The third-order valence-corrected chi connectivity index (χ3v) is 3.69. The number of hydrogen-bond donors (Lipinski definition) is 2. The number of halogens is 3. The fraction of sp³-hybridized carbons (Fsp3) is 0.250. The quantitative estimate of drug-likeness (QED) is 0.723. The zero-order valence-corrected chi connectivity index (χ0v) is 14.0. The Kier molecular flexibility index (Phi) is 4.85. The van der Waals surface area contributed by atoms with E-state index in [1.54, 1.807) is 24.0 Å². The molecule has 2 heterocycles. The summed E-state index contributed by atoms with van der Waals surface area (Å²) in [6, 6.07) is 3.65. The zero-order valence-electron chi connectivity index (χ0n) is 14.0. The molecule has 0 radical (unpaired) electrons. The standard InChI is InChI=1S/C16H16F3N7/c1-8(20)9-3-4-10(13(17)12(9)14(18)19)15-21-7-22-16(24-15)23-11-5-6-26(2)25-11/h3-8,14H,20H2,1-2H3,(H,21,22,23,24,25)/t8-/m1/s1. The highest BCUT2D eigenvalue weighted by molar-refractivity contribution is 5.61. The van der Waals surface area contributed by atoms with Gasteiger partial charge in [-0.25, -0.2) is 23.1 Å². The van der Waals surface area contributed by atoms with Crippen LogP contribution in [-0.4, -0.2) is 24.7 Å². The van der Waals surface area contributed by atoms with Crippen LogP contribution in [0.2, 0.25) is 0 Å². The summed E-state index contributed by atoms with van der Waals surface area (Å²) < 4.78 is 43.0. The molecule has 10 heteroatoms. The molecule has 26 heavy (non-hydrogen) atoms. The summed E-state index contributed by atoms with van der Waals surface area (Å²) >= 11 is 0. The van der Waals surface area contributed by atoms with Crippen molar-refractivity contribution >= 4 is 11.8 Å². The van der Waals surface area contributed by atoms with Crippen LogP contribution in [-0.2, 0) is 7.05 Å². The van der Waals surface area contributed by atoms with Crippen molar-refractivity contribution in [2.24, 2.45) is 12.8 Å². The Morgan fingerprint density at radius 3 is 2.58 bits per heavy atom. The maximum atomic E-state index is 14.7. The van der Waals surface area contributed by atoms with E-state index in [9.17, 15) is 13.2 Å². The molecule has 0 saturated carbocycles. The molecule has 0 bridgehead atoms. The molecule has 3 rings (SSSR count). The number of nitrogens with two attached hydrogens (primary N) is 1. The number of aryl methyl sites for hydroxylation is 1. The van der Waals surface area contributed by atoms with Crippen molar-refractivity contribution in [3.8, 4) is 11.4 Å². The minimum atomic E-state index is -3.01. The number of hydrogen-bond acceptors (Lipinski definition) is 6. The van der Waals surface area contributed by atoms with Gasteiger partial charge in [0.05, 0.1) is 11.1 Å². The normalized spacial score (nSPS) is 12.4. The molecule has 1 aromatic carbocycles. The number of aromatic nitrogens is 5. The fourth-order valence-corrected chi connectivity index (χ4v) is 2.48. The van der Waals surface area contributed by atoms with E-state index in [1.165, 1.54) is 19.1 Å². The van der Waals surface area contributed by atoms with E-state index >= 15 is 0 Å². The average molecular weight is 363 g/mol. The van der Waals surface area contributed by atoms with Crippen LogP contribution in [0.25, 0.3) is 11.4 Å². The number of nitrogens with one attached hydrogen (secondary N) is 1. The molecule has 0 spiro atoms. The fourth-order valence-electron chi connectivity index (χ4n) is 2.48. The largest absolute Gasteiger partial charge is 0.324 e. The average Bonchev–Trinajstić information content (AvgIpc) is 2.99. The summed E-state index contributed by atoms with van der Waals surface area (Å²) in [5.74, 6) is -0.576. The molecule has 1 atom stereocenters. The van der Waals surface area contributed by atoms with E-state index in [-0.39, 0.29) is 22.9 Å². The molecule has 3 N–H and O–H groups in total. The van der Waals surface area contributed by atoms with E-state index in [1.807, 2.05) is 0 Å². The summed E-state index contributed by atoms with van der Waals surface area (Å²) in [5, 5.41) is 6.95. The second kappa shape index (κ2) is 7.08. The summed E-state index contributed by atoms with van der Waals surface area (Å²) in [7, 11) is 1.74. The van der Waals surface area contributed by atoms with Gasteiger partial charge in [-0.05, 0) is 18.6 Å². The van der Waals surface area contributed by atoms with Crippen molar-refractivity contribution in [3.63, 3.8) is 0 Å². The SMILES string of the molecule is C[C@@H](N)c1ccc(-c2ncnc(Nc3ccn(C)n3)n2)c(F)c1C(F)F. The summed E-state index contributed by atoms with van der Waals surface area (Å²) in [6.45, 7) is 1.51. The van der Waals surface area contributed by atoms with E-state index in [4.69, 9.17) is 5.73 Å². The van der Waals surface area contributed by atoms with Crippen LogP contribution in [0.5, 0.6) is 0 Å². The number of rotatable bonds is 5. The van der Waals surface area contributed by atoms with Crippen LogP contribution < -0.4 is 11.1 Å². The van der Waals surface area contributed by atoms with Crippen LogP contribution >= 0.6 is 0 Å². The molecular weight excluding hydrogens is 347 g/mol. The molecule has 3 aromatic rings. The Morgan fingerprint density at radius 2 is 1.96 bits per heavy atom. The zero-order chi connectivity index (χ0) is 18.8. The van der Waals surface area contributed by atoms with Crippen molar-refractivity contribution < 1.29 is 13.2 Å². The van der Waals surface area contributed by atoms with Gasteiger partial charge in [-0.2, -0.15) is 10.1 Å². The number of alkyl halides is 2. The molecule has 0 fully saturated rings. The second-order valence-electron chi connectivity index (χ2n) is 5.65. The summed E-state index contributed by atoms with van der Waals surface area (Å²) in [5.41, 5.74) is 4.81. The first-order chi connectivity index (χ1) is 12.4. The number of nitrogens with zero attached hydrogens (tertiary/aromatic N) is 5. The van der Waals surface area contributed by atoms with Gasteiger partial charge in [0.2, 0.25) is 5.95 Å². The molecule has 0 aliphatic heterocycles. The molecule has 136 valence electrons. The molecule has 0 aliphatic carbocycles. The van der Waals surface area contributed by atoms with Gasteiger partial charge in [-0.3, -0.25) is 4.68 Å². The third kappa shape index (κ3) is 3.49. The maximum absolute atomic E-state index is 14.7. The van der Waals surface area contributed by atoms with Gasteiger partial charge in [-0.15, -0.1) is 0 Å². The molecular formula is C16H16F3N7. The number of benzene rings is 1. The predicted molar refractivity (Wildman–Crippen MR) is 89.3 cm³/mol. The van der Waals surface area contributed by atoms with Gasteiger partial charge >= 0.3 is 0 Å². The lowest BCUT2D eigenvalue weighted by atomic mass is 9.98. The lowest BCUT2D eigenvalue weighted by Crippen LogP contribution is -2.11. The maximum Gasteiger partial charge on any atom is 0.267 e. The highest BCUT2D eigenvalue weighted by Crippen LogP contribution is 2.34. The summed E-state index contributed by atoms with van der Waals surface area (Å²) in [6.07, 6.45) is -0.135. The number of anilines is 2. The van der Waals surface area contributed by atoms with Gasteiger partial charge in [-0.1, -0.05) is 6.07 Å². The van der Waals surface area contributed by atoms with Gasteiger partial charge in [0.15, 0.2) is 11.6 Å². The lowest BCUT2D eigenvalue weighted by Gasteiger charge is -2.15. The minimum absolute atomic E-state index is 0.0436. The van der Waals surface area contributed by atoms with Crippen molar-refractivity contribution in [3.05, 3.63) is 47.7 Å². The Labute approximate surface area is 147 Å². The van der Waals surface area contributed by atoms with Gasteiger partial charge in [0.25, 0.3) is 6.43 Å². The first kappa shape index (κ1) is 17.8. The van der Waals surface area contributed by atoms with Gasteiger partial charge in [0, 0.05) is 25.4 Å². The van der Waals surface area contributed by atoms with E-state index in [2.05, 4.69) is 25.4 Å². The molecule has 2 aromatic heterocycles. The monoisotopic (exact) mass is 363 g/mol. The van der Waals surface area contributed by atoms with Crippen molar-refractivity contribution in [2.75, 3.05) is 5.32 Å². The second-order valence-corrected chi connectivity index (χ2v) is 5.65. The third-order valence-electron chi connectivity index (χ3n) is 3.69. The van der Waals surface area contributed by atoms with Crippen LogP contribution in [0.4, 0.5) is 24.9 Å². The van der Waals surface area contributed by atoms with Crippen molar-refractivity contribution in [2.45, 2.75) is 19.4 Å². The van der Waals surface area contributed by atoms with Crippen molar-refractivity contribution in [1.82, 2.24) is 24.7 Å². The van der Waals surface area contributed by atoms with Gasteiger partial charge < -0.3 is 11.1 Å². The highest BCUT2D eigenvalue weighted by atomic mass is 19.3. The first-order valence-corrected chi connectivity index (χ1v) is 7.69. The Balaban J connectivity index is 2.01. The molecule has 0 aliphatic rings. The molecule has 0 amide bonds. The van der Waals surface area contributed by atoms with E-state index in [0.717, 1.165) is 6.33 Å². The van der Waals surface area contributed by atoms with Crippen LogP contribution in [0.1, 0.15) is 30.5 Å². The minimum Gasteiger partial charge on any atom is -0.324 e. The Morgan fingerprint density at radius 1 is 1.19 bits per heavy atom. The van der Waals surface area contributed by atoms with Crippen LogP contribution in [0.3, 0.4) is 0 Å². The van der Waals surface area contributed by atoms with E-state index in [0.29, 0.717) is 5.82 Å². The van der Waals surface area contributed by atoms with Crippen LogP contribution in [0.15, 0.2) is 30.7 Å². The molecule has 7 nitrogen and oxygen atoms in total. The predicted octanol–water partition coefficient (Wildman–Crippen LogP) is 3.11. The van der Waals surface area contributed by atoms with Crippen LogP contribution in [0, 0.1) is 5.82 Å². The Bertz CT molecular complexity index is 924. The molecule has 0 saturated heterocycles. The topological polar surface area (TPSA) is 94.5 Å². The Hall–Kier alpha value is -3.01. The first-order valence-electron chi connectivity index (χ1n) is 7.69. The van der Waals surface area contributed by atoms with Gasteiger partial charge in [0.1, 0.15) is 12.1 Å².